The maximum absolute atomic E-state index is 5.37. The van der Waals surface area contributed by atoms with Crippen LogP contribution < -0.4 is 4.74 Å². The van der Waals surface area contributed by atoms with Gasteiger partial charge in [0.15, 0.2) is 0 Å². The first kappa shape index (κ1) is 13.9. The summed E-state index contributed by atoms with van der Waals surface area (Å²) in [6.45, 7) is 0. The van der Waals surface area contributed by atoms with E-state index in [9.17, 15) is 0 Å². The Morgan fingerprint density at radius 2 is 2.21 bits per heavy atom. The van der Waals surface area contributed by atoms with Crippen molar-refractivity contribution < 1.29 is 4.74 Å². The number of halogens is 2. The number of hydrogen-bond acceptors (Lipinski definition) is 1. The zero-order chi connectivity index (χ0) is 13.5. The minimum absolute atomic E-state index is 0.470. The van der Waals surface area contributed by atoms with Crippen molar-refractivity contribution >= 4 is 31.9 Å². The van der Waals surface area contributed by atoms with Crippen LogP contribution in [0, 0.1) is 17.3 Å². The molecule has 2 saturated carbocycles. The molecule has 2 aliphatic carbocycles. The van der Waals surface area contributed by atoms with Crippen molar-refractivity contribution in [3.63, 3.8) is 0 Å². The molecule has 0 saturated heterocycles. The van der Waals surface area contributed by atoms with Gasteiger partial charge >= 0.3 is 0 Å². The molecule has 1 nitrogen and oxygen atoms in total. The SMILES string of the molecule is COc1ccc(Br)c(CC2(CBr)CC3CCC2C3)c1. The van der Waals surface area contributed by atoms with Gasteiger partial charge in [-0.05, 0) is 66.7 Å². The number of ether oxygens (including phenoxy) is 1. The van der Waals surface area contributed by atoms with Crippen molar-refractivity contribution in [3.8, 4) is 5.75 Å². The fraction of sp³-hybridized carbons (Fsp3) is 0.625. The Morgan fingerprint density at radius 1 is 1.37 bits per heavy atom. The third-order valence-corrected chi connectivity index (χ3v) is 7.05. The summed E-state index contributed by atoms with van der Waals surface area (Å²) in [5.74, 6) is 2.85. The van der Waals surface area contributed by atoms with E-state index >= 15 is 0 Å². The normalized spacial score (nSPS) is 32.8. The molecule has 3 rings (SSSR count). The molecule has 3 heteroatoms. The smallest absolute Gasteiger partial charge is 0.119 e. The highest BCUT2D eigenvalue weighted by molar-refractivity contribution is 9.10. The Kier molecular flexibility index (Phi) is 3.96. The van der Waals surface area contributed by atoms with E-state index in [0.717, 1.165) is 29.3 Å². The summed E-state index contributed by atoms with van der Waals surface area (Å²) in [5.41, 5.74) is 1.86. The van der Waals surface area contributed by atoms with Crippen LogP contribution in [0.2, 0.25) is 0 Å². The zero-order valence-corrected chi connectivity index (χ0v) is 14.5. The van der Waals surface area contributed by atoms with Crippen molar-refractivity contribution in [2.45, 2.75) is 32.1 Å². The molecule has 0 N–H and O–H groups in total. The highest BCUT2D eigenvalue weighted by atomic mass is 79.9. The summed E-state index contributed by atoms with van der Waals surface area (Å²) in [4.78, 5) is 0. The van der Waals surface area contributed by atoms with Crippen molar-refractivity contribution in [1.82, 2.24) is 0 Å². The lowest BCUT2D eigenvalue weighted by molar-refractivity contribution is 0.196. The molecule has 0 aliphatic heterocycles. The van der Waals surface area contributed by atoms with E-state index in [1.165, 1.54) is 35.7 Å². The Labute approximate surface area is 132 Å². The van der Waals surface area contributed by atoms with Crippen LogP contribution in [0.4, 0.5) is 0 Å². The second-order valence-electron chi connectivity index (χ2n) is 6.21. The van der Waals surface area contributed by atoms with Crippen molar-refractivity contribution in [3.05, 3.63) is 28.2 Å². The standard InChI is InChI=1S/C16H20Br2O/c1-19-14-4-5-15(18)12(7-14)9-16(10-17)8-11-2-3-13(16)6-11/h4-5,7,11,13H,2-3,6,8-10H2,1H3. The van der Waals surface area contributed by atoms with Crippen LogP contribution in [0.5, 0.6) is 5.75 Å². The second kappa shape index (κ2) is 5.40. The number of methoxy groups -OCH3 is 1. The van der Waals surface area contributed by atoms with Crippen molar-refractivity contribution in [2.24, 2.45) is 17.3 Å². The first-order valence-corrected chi connectivity index (χ1v) is 8.97. The summed E-state index contributed by atoms with van der Waals surface area (Å²) >= 11 is 7.51. The fourth-order valence-corrected chi connectivity index (χ4v) is 5.45. The molecule has 3 atom stereocenters. The molecular formula is C16H20Br2O. The predicted molar refractivity (Wildman–Crippen MR) is 86.1 cm³/mol. The van der Waals surface area contributed by atoms with Gasteiger partial charge in [-0.1, -0.05) is 38.3 Å². The molecule has 3 unspecified atom stereocenters. The van der Waals surface area contributed by atoms with E-state index < -0.39 is 0 Å². The number of fused-ring (bicyclic) bond motifs is 2. The van der Waals surface area contributed by atoms with Crippen LogP contribution >= 0.6 is 31.9 Å². The van der Waals surface area contributed by atoms with Gasteiger partial charge in [0.25, 0.3) is 0 Å². The van der Waals surface area contributed by atoms with E-state index in [4.69, 9.17) is 4.74 Å². The minimum atomic E-state index is 0.470. The molecule has 104 valence electrons. The lowest BCUT2D eigenvalue weighted by atomic mass is 9.71. The number of alkyl halides is 1. The molecule has 19 heavy (non-hydrogen) atoms. The van der Waals surface area contributed by atoms with Gasteiger partial charge < -0.3 is 4.74 Å². The molecule has 0 radical (unpaired) electrons. The average molecular weight is 388 g/mol. The second-order valence-corrected chi connectivity index (χ2v) is 7.63. The minimum Gasteiger partial charge on any atom is -0.497 e. The van der Waals surface area contributed by atoms with Gasteiger partial charge in [0.2, 0.25) is 0 Å². The molecule has 1 aromatic carbocycles. The van der Waals surface area contributed by atoms with E-state index in [1.807, 2.05) is 6.07 Å². The van der Waals surface area contributed by atoms with Crippen molar-refractivity contribution in [1.29, 1.82) is 0 Å². The largest absolute Gasteiger partial charge is 0.497 e. The highest BCUT2D eigenvalue weighted by Crippen LogP contribution is 2.58. The monoisotopic (exact) mass is 386 g/mol. The first-order chi connectivity index (χ1) is 9.16. The van der Waals surface area contributed by atoms with Crippen LogP contribution in [0.25, 0.3) is 0 Å². The molecule has 2 aliphatic rings. The van der Waals surface area contributed by atoms with E-state index in [0.29, 0.717) is 5.41 Å². The Balaban J connectivity index is 1.87. The average Bonchev–Trinajstić information content (AvgIpc) is 3.02. The Morgan fingerprint density at radius 3 is 2.79 bits per heavy atom. The van der Waals surface area contributed by atoms with Gasteiger partial charge in [-0.15, -0.1) is 0 Å². The maximum atomic E-state index is 5.37. The Bertz CT molecular complexity index is 474. The molecular weight excluding hydrogens is 368 g/mol. The zero-order valence-electron chi connectivity index (χ0n) is 11.3. The Hall–Kier alpha value is -0.0200. The lowest BCUT2D eigenvalue weighted by Crippen LogP contribution is -2.32. The predicted octanol–water partition coefficient (Wildman–Crippen LogP) is 5.20. The number of rotatable bonds is 4. The maximum Gasteiger partial charge on any atom is 0.119 e. The molecule has 1 aromatic rings. The first-order valence-electron chi connectivity index (χ1n) is 7.05. The quantitative estimate of drug-likeness (QED) is 0.645. The van der Waals surface area contributed by atoms with Crippen LogP contribution in [0.3, 0.4) is 0 Å². The summed E-state index contributed by atoms with van der Waals surface area (Å²) in [6.07, 6.45) is 6.90. The number of benzene rings is 1. The number of hydrogen-bond donors (Lipinski definition) is 0. The molecule has 2 bridgehead atoms. The molecule has 0 amide bonds. The molecule has 0 heterocycles. The van der Waals surface area contributed by atoms with Crippen LogP contribution in [0.15, 0.2) is 22.7 Å². The van der Waals surface area contributed by atoms with E-state index in [-0.39, 0.29) is 0 Å². The van der Waals surface area contributed by atoms with Crippen molar-refractivity contribution in [2.75, 3.05) is 12.4 Å². The van der Waals surface area contributed by atoms with Gasteiger partial charge in [0, 0.05) is 9.80 Å². The van der Waals surface area contributed by atoms with Gasteiger partial charge in [-0.3, -0.25) is 0 Å². The van der Waals surface area contributed by atoms with Gasteiger partial charge in [-0.2, -0.15) is 0 Å². The fourth-order valence-electron chi connectivity index (χ4n) is 4.18. The molecule has 0 aromatic heterocycles. The van der Waals surface area contributed by atoms with E-state index in [1.54, 1.807) is 7.11 Å². The van der Waals surface area contributed by atoms with E-state index in [2.05, 4.69) is 44.0 Å². The van der Waals surface area contributed by atoms with Gasteiger partial charge in [0.05, 0.1) is 7.11 Å². The summed E-state index contributed by atoms with van der Waals surface area (Å²) in [6, 6.07) is 6.33. The van der Waals surface area contributed by atoms with Crippen LogP contribution in [-0.2, 0) is 6.42 Å². The summed E-state index contributed by atoms with van der Waals surface area (Å²) in [5, 5.41) is 1.13. The molecule has 0 spiro atoms. The van der Waals surface area contributed by atoms with Gasteiger partial charge in [0.1, 0.15) is 5.75 Å². The van der Waals surface area contributed by atoms with Crippen LogP contribution in [0.1, 0.15) is 31.2 Å². The molecule has 2 fully saturated rings. The van der Waals surface area contributed by atoms with Crippen LogP contribution in [-0.4, -0.2) is 12.4 Å². The topological polar surface area (TPSA) is 9.23 Å². The summed E-state index contributed by atoms with van der Waals surface area (Å²) < 4.78 is 6.59. The third kappa shape index (κ3) is 2.49. The lowest BCUT2D eigenvalue weighted by Gasteiger charge is -2.37. The van der Waals surface area contributed by atoms with Gasteiger partial charge in [-0.25, -0.2) is 0 Å². The third-order valence-electron chi connectivity index (χ3n) is 5.16. The highest BCUT2D eigenvalue weighted by Gasteiger charge is 2.50. The summed E-state index contributed by atoms with van der Waals surface area (Å²) in [7, 11) is 1.74.